The van der Waals surface area contributed by atoms with Crippen LogP contribution in [0.4, 0.5) is 5.13 Å². The van der Waals surface area contributed by atoms with Crippen molar-refractivity contribution in [1.29, 1.82) is 0 Å². The van der Waals surface area contributed by atoms with E-state index in [0.717, 1.165) is 48.3 Å². The van der Waals surface area contributed by atoms with Crippen molar-refractivity contribution in [2.24, 2.45) is 0 Å². The van der Waals surface area contributed by atoms with Gasteiger partial charge in [0.15, 0.2) is 0 Å². The fraction of sp³-hybridized carbons (Fsp3) is 0.320. The molecule has 3 heterocycles. The smallest absolute Gasteiger partial charge is 0.246 e. The number of benzene rings is 2. The lowest BCUT2D eigenvalue weighted by atomic mass is 10.2. The zero-order chi connectivity index (χ0) is 24.2. The van der Waals surface area contributed by atoms with Gasteiger partial charge in [0, 0.05) is 18.7 Å². The molecule has 0 saturated carbocycles. The van der Waals surface area contributed by atoms with E-state index in [1.165, 1.54) is 11.3 Å². The summed E-state index contributed by atoms with van der Waals surface area (Å²) in [7, 11) is 0. The van der Waals surface area contributed by atoms with Gasteiger partial charge in [0.1, 0.15) is 23.1 Å². The normalized spacial score (nSPS) is 13.3. The van der Waals surface area contributed by atoms with Crippen molar-refractivity contribution in [2.75, 3.05) is 25.0 Å². The number of imidazole rings is 1. The first-order valence-corrected chi connectivity index (χ1v) is 12.5. The Morgan fingerprint density at radius 1 is 1.06 bits per heavy atom. The summed E-state index contributed by atoms with van der Waals surface area (Å²) in [4.78, 5) is 32.2. The zero-order valence-electron chi connectivity index (χ0n) is 19.4. The van der Waals surface area contributed by atoms with Crippen LogP contribution < -0.4 is 10.1 Å². The van der Waals surface area contributed by atoms with Gasteiger partial charge in [0.05, 0.1) is 24.1 Å². The van der Waals surface area contributed by atoms with Gasteiger partial charge in [-0.15, -0.1) is 10.2 Å². The summed E-state index contributed by atoms with van der Waals surface area (Å²) in [5.41, 5.74) is 2.48. The first-order valence-electron chi connectivity index (χ1n) is 11.7. The predicted octanol–water partition coefficient (Wildman–Crippen LogP) is 3.76. The van der Waals surface area contributed by atoms with Crippen molar-refractivity contribution in [3.63, 3.8) is 0 Å². The Labute approximate surface area is 206 Å². The Bertz CT molecular complexity index is 1340. The van der Waals surface area contributed by atoms with E-state index < -0.39 is 0 Å². The number of rotatable bonds is 8. The molecular formula is C25H26N6O3S. The average molecular weight is 491 g/mol. The minimum atomic E-state index is -0.252. The van der Waals surface area contributed by atoms with Crippen molar-refractivity contribution >= 4 is 39.3 Å². The molecule has 0 radical (unpaired) electrons. The molecule has 0 spiro atoms. The molecule has 10 heteroatoms. The molecule has 2 aromatic heterocycles. The van der Waals surface area contributed by atoms with E-state index in [9.17, 15) is 9.59 Å². The van der Waals surface area contributed by atoms with Gasteiger partial charge in [-0.3, -0.25) is 14.9 Å². The maximum absolute atomic E-state index is 12.9. The van der Waals surface area contributed by atoms with Crippen molar-refractivity contribution in [1.82, 2.24) is 24.6 Å². The highest BCUT2D eigenvalue weighted by atomic mass is 32.1. The third-order valence-electron chi connectivity index (χ3n) is 5.89. The second-order valence-electron chi connectivity index (χ2n) is 8.29. The number of para-hydroxylation sites is 2. The lowest BCUT2D eigenvalue weighted by Gasteiger charge is -2.15. The number of hydrogen-bond acceptors (Lipinski definition) is 7. The quantitative estimate of drug-likeness (QED) is 0.404. The summed E-state index contributed by atoms with van der Waals surface area (Å²) in [5.74, 6) is 1.17. The van der Waals surface area contributed by atoms with Gasteiger partial charge in [0.2, 0.25) is 16.9 Å². The van der Waals surface area contributed by atoms with Crippen molar-refractivity contribution in [3.05, 3.63) is 54.4 Å². The number of fused-ring (bicyclic) bond motifs is 1. The maximum atomic E-state index is 12.9. The maximum Gasteiger partial charge on any atom is 0.246 e. The van der Waals surface area contributed by atoms with Crippen LogP contribution in [0.2, 0.25) is 0 Å². The second kappa shape index (κ2) is 10.2. The predicted molar refractivity (Wildman–Crippen MR) is 134 cm³/mol. The SMILES string of the molecule is CCOc1ccc(-c2nnc(NC(=O)Cn3c(CC(=O)N4CCCC4)nc4ccccc43)s2)cc1. The average Bonchev–Trinajstić information content (AvgIpc) is 3.61. The number of carbonyl (C=O) groups is 2. The second-order valence-corrected chi connectivity index (χ2v) is 9.26. The summed E-state index contributed by atoms with van der Waals surface area (Å²) in [5, 5.41) is 12.3. The lowest BCUT2D eigenvalue weighted by Crippen LogP contribution is -2.30. The molecule has 5 rings (SSSR count). The number of amides is 2. The summed E-state index contributed by atoms with van der Waals surface area (Å²) < 4.78 is 7.29. The molecule has 1 aliphatic heterocycles. The highest BCUT2D eigenvalue weighted by Gasteiger charge is 2.22. The van der Waals surface area contributed by atoms with E-state index in [4.69, 9.17) is 4.74 Å². The van der Waals surface area contributed by atoms with E-state index >= 15 is 0 Å². The number of aromatic nitrogens is 4. The monoisotopic (exact) mass is 490 g/mol. The summed E-state index contributed by atoms with van der Waals surface area (Å²) in [6, 6.07) is 15.2. The zero-order valence-corrected chi connectivity index (χ0v) is 20.3. The molecule has 2 amide bonds. The standard InChI is InChI=1S/C25H26N6O3S/c1-2-34-18-11-9-17(10-12-18)24-28-29-25(35-24)27-22(32)16-31-20-8-4-3-7-19(20)26-21(31)15-23(33)30-13-5-6-14-30/h3-4,7-12H,2,5-6,13-16H2,1H3,(H,27,29,32). The fourth-order valence-electron chi connectivity index (χ4n) is 4.20. The van der Waals surface area contributed by atoms with Gasteiger partial charge in [-0.25, -0.2) is 4.98 Å². The molecule has 0 unspecified atom stereocenters. The topological polar surface area (TPSA) is 102 Å². The molecule has 35 heavy (non-hydrogen) atoms. The molecule has 0 bridgehead atoms. The van der Waals surface area contributed by atoms with Crippen LogP contribution >= 0.6 is 11.3 Å². The van der Waals surface area contributed by atoms with Gasteiger partial charge in [0.25, 0.3) is 0 Å². The Kier molecular flexibility index (Phi) is 6.71. The highest BCUT2D eigenvalue weighted by Crippen LogP contribution is 2.28. The van der Waals surface area contributed by atoms with Crippen LogP contribution in [0.3, 0.4) is 0 Å². The number of ether oxygens (including phenoxy) is 1. The number of nitrogens with zero attached hydrogens (tertiary/aromatic N) is 5. The Morgan fingerprint density at radius 2 is 1.83 bits per heavy atom. The van der Waals surface area contributed by atoms with Crippen molar-refractivity contribution < 1.29 is 14.3 Å². The minimum absolute atomic E-state index is 0.0289. The van der Waals surface area contributed by atoms with Gasteiger partial charge in [-0.2, -0.15) is 0 Å². The molecule has 180 valence electrons. The number of likely N-dealkylation sites (tertiary alicyclic amines) is 1. The number of anilines is 1. The Balaban J connectivity index is 1.30. The molecule has 1 saturated heterocycles. The van der Waals surface area contributed by atoms with Crippen molar-refractivity contribution in [2.45, 2.75) is 32.7 Å². The third-order valence-corrected chi connectivity index (χ3v) is 6.77. The van der Waals surface area contributed by atoms with Crippen LogP contribution in [0.15, 0.2) is 48.5 Å². The number of hydrogen-bond donors (Lipinski definition) is 1. The fourth-order valence-corrected chi connectivity index (χ4v) is 4.97. The molecule has 0 atom stereocenters. The largest absolute Gasteiger partial charge is 0.494 e. The van der Waals surface area contributed by atoms with Crippen LogP contribution in [0.25, 0.3) is 21.6 Å². The lowest BCUT2D eigenvalue weighted by molar-refractivity contribution is -0.129. The molecule has 4 aromatic rings. The third kappa shape index (κ3) is 5.17. The van der Waals surface area contributed by atoms with Gasteiger partial charge in [-0.1, -0.05) is 23.5 Å². The van der Waals surface area contributed by atoms with Gasteiger partial charge >= 0.3 is 0 Å². The van der Waals surface area contributed by atoms with Crippen LogP contribution in [-0.2, 0) is 22.6 Å². The molecule has 0 aliphatic carbocycles. The van der Waals surface area contributed by atoms with Gasteiger partial charge < -0.3 is 14.2 Å². The molecule has 2 aromatic carbocycles. The van der Waals surface area contributed by atoms with Crippen LogP contribution in [0.5, 0.6) is 5.75 Å². The Hall–Kier alpha value is -3.79. The summed E-state index contributed by atoms with van der Waals surface area (Å²) in [6.45, 7) is 4.14. The van der Waals surface area contributed by atoms with Crippen LogP contribution in [0, 0.1) is 0 Å². The summed E-state index contributed by atoms with van der Waals surface area (Å²) >= 11 is 1.30. The minimum Gasteiger partial charge on any atom is -0.494 e. The molecule has 9 nitrogen and oxygen atoms in total. The van der Waals surface area contributed by atoms with Gasteiger partial charge in [-0.05, 0) is 56.2 Å². The molecule has 1 N–H and O–H groups in total. The Morgan fingerprint density at radius 3 is 2.60 bits per heavy atom. The number of carbonyl (C=O) groups excluding carboxylic acids is 2. The summed E-state index contributed by atoms with van der Waals surface area (Å²) in [6.07, 6.45) is 2.23. The molecule has 1 aliphatic rings. The van der Waals surface area contributed by atoms with Crippen molar-refractivity contribution in [3.8, 4) is 16.3 Å². The van der Waals surface area contributed by atoms with E-state index in [1.807, 2.05) is 64.9 Å². The molecular weight excluding hydrogens is 464 g/mol. The van der Waals surface area contributed by atoms with Crippen LogP contribution in [0.1, 0.15) is 25.6 Å². The van der Waals surface area contributed by atoms with E-state index in [2.05, 4.69) is 20.5 Å². The molecule has 1 fully saturated rings. The first kappa shape index (κ1) is 23.0. The number of nitrogens with one attached hydrogen (secondary N) is 1. The highest BCUT2D eigenvalue weighted by molar-refractivity contribution is 7.18. The van der Waals surface area contributed by atoms with E-state index in [1.54, 1.807) is 0 Å². The first-order chi connectivity index (χ1) is 17.1. The van der Waals surface area contributed by atoms with E-state index in [-0.39, 0.29) is 24.8 Å². The van der Waals surface area contributed by atoms with Crippen LogP contribution in [-0.4, -0.2) is 56.2 Å². The van der Waals surface area contributed by atoms with E-state index in [0.29, 0.717) is 22.6 Å².